The number of benzene rings is 2. The van der Waals surface area contributed by atoms with Crippen LogP contribution in [0.4, 0.5) is 0 Å². The van der Waals surface area contributed by atoms with E-state index in [9.17, 15) is 30.3 Å². The molecule has 2 aromatic rings. The molecule has 0 radical (unpaired) electrons. The lowest BCUT2D eigenvalue weighted by atomic mass is 9.88. The minimum atomic E-state index is -1.51. The average Bonchev–Trinajstić information content (AvgIpc) is 2.75. The first-order valence-corrected chi connectivity index (χ1v) is 10.7. The average molecular weight is 446 g/mol. The highest BCUT2D eigenvalue weighted by Gasteiger charge is 2.44. The standard InChI is InChI=1S/C24H31NO7/c1-13-9-19(28)18(24-23(31)22(30)21(29)20(12-26)32-24)11-17(13)10-16-5-3-15(4-6-16)7-8-25-14(2)27/h3-6,9,11,20-24,26,28-31H,7-8,10,12H2,1-2H3,(H,25,27)/t20-,21-,22+,23-,24+/m1/s1. The molecule has 2 aromatic carbocycles. The van der Waals surface area contributed by atoms with E-state index in [4.69, 9.17) is 4.74 Å². The lowest BCUT2D eigenvalue weighted by Gasteiger charge is -2.40. The van der Waals surface area contributed by atoms with Gasteiger partial charge in [-0.1, -0.05) is 24.3 Å². The first kappa shape index (κ1) is 24.2. The number of ether oxygens (including phenoxy) is 1. The van der Waals surface area contributed by atoms with Crippen molar-refractivity contribution in [3.63, 3.8) is 0 Å². The monoisotopic (exact) mass is 445 g/mol. The van der Waals surface area contributed by atoms with Crippen molar-refractivity contribution in [1.29, 1.82) is 0 Å². The van der Waals surface area contributed by atoms with Gasteiger partial charge in [0.1, 0.15) is 36.3 Å². The highest BCUT2D eigenvalue weighted by Crippen LogP contribution is 2.38. The number of aliphatic hydroxyl groups is 4. The van der Waals surface area contributed by atoms with E-state index < -0.39 is 37.1 Å². The van der Waals surface area contributed by atoms with Crippen LogP contribution in [0, 0.1) is 6.92 Å². The molecule has 5 atom stereocenters. The molecule has 1 heterocycles. The summed E-state index contributed by atoms with van der Waals surface area (Å²) in [5, 5.41) is 53.2. The summed E-state index contributed by atoms with van der Waals surface area (Å²) in [6.45, 7) is 3.40. The van der Waals surface area contributed by atoms with Crippen LogP contribution >= 0.6 is 0 Å². The zero-order valence-electron chi connectivity index (χ0n) is 18.2. The van der Waals surface area contributed by atoms with Gasteiger partial charge in [-0.25, -0.2) is 0 Å². The molecule has 0 saturated carbocycles. The minimum Gasteiger partial charge on any atom is -0.508 e. The van der Waals surface area contributed by atoms with E-state index in [1.54, 1.807) is 12.1 Å². The van der Waals surface area contributed by atoms with E-state index in [1.807, 2.05) is 31.2 Å². The van der Waals surface area contributed by atoms with Gasteiger partial charge < -0.3 is 35.6 Å². The number of hydrogen-bond donors (Lipinski definition) is 6. The molecular formula is C24H31NO7. The zero-order chi connectivity index (χ0) is 23.4. The molecule has 0 aromatic heterocycles. The summed E-state index contributed by atoms with van der Waals surface area (Å²) in [6, 6.07) is 11.3. The SMILES string of the molecule is CC(=O)NCCc1ccc(Cc2cc([C@@H]3O[C@H](CO)[C@@H](O)[C@H](O)[C@H]3O)c(O)cc2C)cc1. The van der Waals surface area contributed by atoms with Gasteiger partial charge in [0.05, 0.1) is 6.61 Å². The Kier molecular flexibility index (Phi) is 7.86. The number of amides is 1. The fraction of sp³-hybridized carbons (Fsp3) is 0.458. The number of carbonyl (C=O) groups is 1. The maximum Gasteiger partial charge on any atom is 0.216 e. The highest BCUT2D eigenvalue weighted by molar-refractivity contribution is 5.72. The second-order valence-corrected chi connectivity index (χ2v) is 8.31. The maximum absolute atomic E-state index is 11.0. The van der Waals surface area contributed by atoms with Crippen molar-refractivity contribution in [2.75, 3.05) is 13.2 Å². The molecule has 0 spiro atoms. The maximum atomic E-state index is 11.0. The first-order valence-electron chi connectivity index (χ1n) is 10.7. The number of aryl methyl sites for hydroxylation is 1. The van der Waals surface area contributed by atoms with E-state index in [2.05, 4.69) is 5.32 Å². The largest absolute Gasteiger partial charge is 0.508 e. The molecule has 1 amide bonds. The molecule has 8 heteroatoms. The lowest BCUT2D eigenvalue weighted by molar-refractivity contribution is -0.232. The Balaban J connectivity index is 1.79. The van der Waals surface area contributed by atoms with Crippen LogP contribution in [-0.4, -0.2) is 69.0 Å². The third-order valence-corrected chi connectivity index (χ3v) is 5.89. The van der Waals surface area contributed by atoms with Gasteiger partial charge in [0, 0.05) is 19.0 Å². The smallest absolute Gasteiger partial charge is 0.216 e. The Labute approximate surface area is 187 Å². The van der Waals surface area contributed by atoms with E-state index in [0.717, 1.165) is 28.7 Å². The van der Waals surface area contributed by atoms with Gasteiger partial charge >= 0.3 is 0 Å². The molecular weight excluding hydrogens is 414 g/mol. The Bertz CT molecular complexity index is 929. The van der Waals surface area contributed by atoms with Crippen molar-refractivity contribution < 1.29 is 35.1 Å². The fourth-order valence-corrected chi connectivity index (χ4v) is 3.96. The van der Waals surface area contributed by atoms with Gasteiger partial charge in [-0.05, 0) is 54.2 Å². The molecule has 6 N–H and O–H groups in total. The Morgan fingerprint density at radius 1 is 1.03 bits per heavy atom. The normalized spacial score (nSPS) is 25.5. The second-order valence-electron chi connectivity index (χ2n) is 8.31. The number of hydrogen-bond acceptors (Lipinski definition) is 7. The Morgan fingerprint density at radius 3 is 2.31 bits per heavy atom. The van der Waals surface area contributed by atoms with E-state index in [1.165, 1.54) is 6.92 Å². The molecule has 1 aliphatic heterocycles. The van der Waals surface area contributed by atoms with E-state index in [0.29, 0.717) is 13.0 Å². The molecule has 174 valence electrons. The number of aliphatic hydroxyl groups excluding tert-OH is 4. The van der Waals surface area contributed by atoms with Gasteiger partial charge in [-0.2, -0.15) is 0 Å². The lowest BCUT2D eigenvalue weighted by Crippen LogP contribution is -2.55. The van der Waals surface area contributed by atoms with Gasteiger partial charge in [0.25, 0.3) is 0 Å². The van der Waals surface area contributed by atoms with Crippen molar-refractivity contribution in [3.05, 3.63) is 64.2 Å². The zero-order valence-corrected chi connectivity index (χ0v) is 18.2. The topological polar surface area (TPSA) is 139 Å². The summed E-state index contributed by atoms with van der Waals surface area (Å²) in [7, 11) is 0. The quantitative estimate of drug-likeness (QED) is 0.364. The third-order valence-electron chi connectivity index (χ3n) is 5.89. The summed E-state index contributed by atoms with van der Waals surface area (Å²) in [4.78, 5) is 11.0. The van der Waals surface area contributed by atoms with Gasteiger partial charge in [0.15, 0.2) is 0 Å². The molecule has 1 saturated heterocycles. The van der Waals surface area contributed by atoms with Crippen LogP contribution in [0.2, 0.25) is 0 Å². The van der Waals surface area contributed by atoms with Crippen molar-refractivity contribution >= 4 is 5.91 Å². The molecule has 0 aliphatic carbocycles. The van der Waals surface area contributed by atoms with Gasteiger partial charge in [-0.3, -0.25) is 4.79 Å². The predicted molar refractivity (Wildman–Crippen MR) is 117 cm³/mol. The first-order chi connectivity index (χ1) is 15.2. The van der Waals surface area contributed by atoms with Crippen LogP contribution in [0.1, 0.15) is 40.8 Å². The summed E-state index contributed by atoms with van der Waals surface area (Å²) in [6.07, 6.45) is -5.27. The third kappa shape index (κ3) is 5.46. The number of phenols is 1. The molecule has 0 bridgehead atoms. The van der Waals surface area contributed by atoms with Crippen molar-refractivity contribution in [2.45, 2.75) is 57.2 Å². The molecule has 3 rings (SSSR count). The van der Waals surface area contributed by atoms with Crippen LogP contribution in [-0.2, 0) is 22.4 Å². The number of carbonyl (C=O) groups excluding carboxylic acids is 1. The molecule has 0 unspecified atom stereocenters. The van der Waals surface area contributed by atoms with Crippen LogP contribution in [0.25, 0.3) is 0 Å². The summed E-state index contributed by atoms with van der Waals surface area (Å²) in [5.41, 5.74) is 4.19. The second kappa shape index (κ2) is 10.4. The summed E-state index contributed by atoms with van der Waals surface area (Å²) in [5.74, 6) is -0.150. The van der Waals surface area contributed by atoms with Gasteiger partial charge in [-0.15, -0.1) is 0 Å². The van der Waals surface area contributed by atoms with Crippen LogP contribution in [0.3, 0.4) is 0 Å². The van der Waals surface area contributed by atoms with Crippen molar-refractivity contribution in [1.82, 2.24) is 5.32 Å². The van der Waals surface area contributed by atoms with Gasteiger partial charge in [0.2, 0.25) is 5.91 Å². The minimum absolute atomic E-state index is 0.0559. The number of aromatic hydroxyl groups is 1. The van der Waals surface area contributed by atoms with Crippen LogP contribution in [0.15, 0.2) is 36.4 Å². The fourth-order valence-electron chi connectivity index (χ4n) is 3.96. The highest BCUT2D eigenvalue weighted by atomic mass is 16.5. The molecule has 32 heavy (non-hydrogen) atoms. The van der Waals surface area contributed by atoms with Crippen LogP contribution < -0.4 is 5.32 Å². The van der Waals surface area contributed by atoms with Crippen LogP contribution in [0.5, 0.6) is 5.75 Å². The van der Waals surface area contributed by atoms with Crippen molar-refractivity contribution in [3.8, 4) is 5.75 Å². The number of phenolic OH excluding ortho intramolecular Hbond substituents is 1. The Morgan fingerprint density at radius 2 is 1.69 bits per heavy atom. The number of nitrogens with one attached hydrogen (secondary N) is 1. The van der Waals surface area contributed by atoms with E-state index in [-0.39, 0.29) is 17.2 Å². The summed E-state index contributed by atoms with van der Waals surface area (Å²) >= 11 is 0. The Hall–Kier alpha value is -2.49. The van der Waals surface area contributed by atoms with Crippen molar-refractivity contribution in [2.24, 2.45) is 0 Å². The molecule has 8 nitrogen and oxygen atoms in total. The summed E-state index contributed by atoms with van der Waals surface area (Å²) < 4.78 is 5.61. The molecule has 1 aliphatic rings. The number of rotatable bonds is 7. The predicted octanol–water partition coefficient (Wildman–Crippen LogP) is 0.485. The van der Waals surface area contributed by atoms with E-state index >= 15 is 0 Å². The molecule has 1 fully saturated rings.